The van der Waals surface area contributed by atoms with E-state index in [2.05, 4.69) is 5.32 Å². The van der Waals surface area contributed by atoms with E-state index >= 15 is 0 Å². The summed E-state index contributed by atoms with van der Waals surface area (Å²) in [5.41, 5.74) is -0.305. The van der Waals surface area contributed by atoms with E-state index in [4.69, 9.17) is 9.47 Å². The number of rotatable bonds is 4. The summed E-state index contributed by atoms with van der Waals surface area (Å²) in [6, 6.07) is 5.45. The van der Waals surface area contributed by atoms with Gasteiger partial charge in [-0.2, -0.15) is 0 Å². The summed E-state index contributed by atoms with van der Waals surface area (Å²) in [6.45, 7) is 8.80. The molecule has 0 heterocycles. The maximum Gasteiger partial charge on any atom is 0.408 e. The second-order valence-corrected chi connectivity index (χ2v) is 6.15. The molecule has 5 heteroatoms. The number of hydrogen-bond acceptors (Lipinski definition) is 4. The van der Waals surface area contributed by atoms with Gasteiger partial charge in [0.2, 0.25) is 0 Å². The maximum absolute atomic E-state index is 12.0. The van der Waals surface area contributed by atoms with Crippen LogP contribution in [0.2, 0.25) is 0 Å². The molecule has 1 unspecified atom stereocenters. The summed E-state index contributed by atoms with van der Waals surface area (Å²) in [4.78, 5) is 23.5. The lowest BCUT2D eigenvalue weighted by molar-refractivity contribution is -0.113. The van der Waals surface area contributed by atoms with Crippen LogP contribution in [0.5, 0.6) is 5.75 Å². The predicted octanol–water partition coefficient (Wildman–Crippen LogP) is 2.94. The van der Waals surface area contributed by atoms with Crippen molar-refractivity contribution in [1.29, 1.82) is 0 Å². The van der Waals surface area contributed by atoms with Crippen LogP contribution in [0.15, 0.2) is 18.2 Å². The topological polar surface area (TPSA) is 64.6 Å². The first-order valence-electron chi connectivity index (χ1n) is 6.74. The summed E-state index contributed by atoms with van der Waals surface area (Å²) in [7, 11) is 1.52. The molecule has 0 bridgehead atoms. The number of amides is 1. The zero-order chi connectivity index (χ0) is 16.3. The molecule has 0 saturated carbocycles. The van der Waals surface area contributed by atoms with Gasteiger partial charge in [-0.05, 0) is 46.8 Å². The van der Waals surface area contributed by atoms with E-state index in [-0.39, 0.29) is 0 Å². The molecule has 1 aromatic carbocycles. The smallest absolute Gasteiger partial charge is 0.408 e. The van der Waals surface area contributed by atoms with Gasteiger partial charge >= 0.3 is 6.09 Å². The molecule has 0 aliphatic rings. The first-order valence-corrected chi connectivity index (χ1v) is 6.74. The lowest BCUT2D eigenvalue weighted by Gasteiger charge is -2.29. The molecule has 21 heavy (non-hydrogen) atoms. The van der Waals surface area contributed by atoms with Gasteiger partial charge in [-0.25, -0.2) is 4.79 Å². The van der Waals surface area contributed by atoms with Gasteiger partial charge in [0.05, 0.1) is 7.11 Å². The number of benzene rings is 1. The highest BCUT2D eigenvalue weighted by Crippen LogP contribution is 2.30. The number of carbonyl (C=O) groups excluding carboxylic acids is 2. The van der Waals surface area contributed by atoms with Gasteiger partial charge in [0.1, 0.15) is 23.2 Å². The Morgan fingerprint density at radius 1 is 1.24 bits per heavy atom. The Labute approximate surface area is 125 Å². The fraction of sp³-hybridized carbons (Fsp3) is 0.500. The largest absolute Gasteiger partial charge is 0.496 e. The number of ether oxygens (including phenoxy) is 2. The van der Waals surface area contributed by atoms with Gasteiger partial charge in [0.15, 0.2) is 0 Å². The molecule has 0 fully saturated rings. The first-order chi connectivity index (χ1) is 9.61. The number of aryl methyl sites for hydroxylation is 1. The predicted molar refractivity (Wildman–Crippen MR) is 80.5 cm³/mol. The normalized spacial score (nSPS) is 14.0. The highest BCUT2D eigenvalue weighted by Gasteiger charge is 2.33. The van der Waals surface area contributed by atoms with Crippen LogP contribution < -0.4 is 10.1 Å². The Morgan fingerprint density at radius 2 is 1.86 bits per heavy atom. The second kappa shape index (κ2) is 6.16. The van der Waals surface area contributed by atoms with E-state index in [0.29, 0.717) is 17.6 Å². The van der Waals surface area contributed by atoms with Crippen molar-refractivity contribution in [1.82, 2.24) is 5.32 Å². The van der Waals surface area contributed by atoms with Crippen LogP contribution in [-0.2, 0) is 15.1 Å². The monoisotopic (exact) mass is 293 g/mol. The van der Waals surface area contributed by atoms with Crippen molar-refractivity contribution in [3.8, 4) is 5.75 Å². The van der Waals surface area contributed by atoms with Crippen LogP contribution in [-0.4, -0.2) is 25.1 Å². The lowest BCUT2D eigenvalue weighted by atomic mass is 9.91. The quantitative estimate of drug-likeness (QED) is 0.867. The summed E-state index contributed by atoms with van der Waals surface area (Å²) >= 11 is 0. The van der Waals surface area contributed by atoms with Crippen LogP contribution in [0.3, 0.4) is 0 Å². The van der Waals surface area contributed by atoms with Crippen molar-refractivity contribution < 1.29 is 19.1 Å². The summed E-state index contributed by atoms with van der Waals surface area (Å²) < 4.78 is 10.5. The Morgan fingerprint density at radius 3 is 2.33 bits per heavy atom. The van der Waals surface area contributed by atoms with Crippen LogP contribution in [0.1, 0.15) is 38.8 Å². The van der Waals surface area contributed by atoms with E-state index in [1.54, 1.807) is 33.8 Å². The van der Waals surface area contributed by atoms with Crippen molar-refractivity contribution in [3.05, 3.63) is 29.3 Å². The van der Waals surface area contributed by atoms with Crippen molar-refractivity contribution in [3.63, 3.8) is 0 Å². The van der Waals surface area contributed by atoms with Crippen molar-refractivity contribution in [2.45, 2.75) is 45.8 Å². The van der Waals surface area contributed by atoms with Crippen molar-refractivity contribution in [2.75, 3.05) is 7.11 Å². The van der Waals surface area contributed by atoms with E-state index in [0.717, 1.165) is 5.56 Å². The average Bonchev–Trinajstić information content (AvgIpc) is 2.36. The number of hydrogen-bond donors (Lipinski definition) is 1. The highest BCUT2D eigenvalue weighted by molar-refractivity contribution is 5.79. The second-order valence-electron chi connectivity index (χ2n) is 6.15. The Balaban J connectivity index is 3.13. The zero-order valence-electron chi connectivity index (χ0n) is 13.4. The molecule has 0 saturated heterocycles. The summed E-state index contributed by atoms with van der Waals surface area (Å²) in [5, 5.41) is 2.61. The van der Waals surface area contributed by atoms with E-state index in [9.17, 15) is 9.59 Å². The third-order valence-corrected chi connectivity index (χ3v) is 2.91. The molecule has 1 amide bonds. The Bertz CT molecular complexity index is 534. The summed E-state index contributed by atoms with van der Waals surface area (Å²) in [5.74, 6) is 0.534. The SMILES string of the molecule is COc1ccc(C)cc1C(C)(C=O)NC(=O)OC(C)(C)C. The standard InChI is InChI=1S/C16H23NO4/c1-11-7-8-13(20-6)12(9-11)16(5,10-18)17-14(19)21-15(2,3)4/h7-10H,1-6H3,(H,17,19). The number of nitrogens with one attached hydrogen (secondary N) is 1. The third-order valence-electron chi connectivity index (χ3n) is 2.91. The van der Waals surface area contributed by atoms with Crippen LogP contribution in [0.25, 0.3) is 0 Å². The molecule has 0 aliphatic heterocycles. The third kappa shape index (κ3) is 4.48. The van der Waals surface area contributed by atoms with Crippen LogP contribution in [0.4, 0.5) is 4.79 Å². The molecule has 1 N–H and O–H groups in total. The fourth-order valence-corrected chi connectivity index (χ4v) is 1.90. The zero-order valence-corrected chi connectivity index (χ0v) is 13.4. The van der Waals surface area contributed by atoms with Gasteiger partial charge in [-0.15, -0.1) is 0 Å². The fourth-order valence-electron chi connectivity index (χ4n) is 1.90. The molecule has 5 nitrogen and oxygen atoms in total. The van der Waals surface area contributed by atoms with Gasteiger partial charge in [0, 0.05) is 5.56 Å². The lowest BCUT2D eigenvalue weighted by Crippen LogP contribution is -2.47. The number of alkyl carbamates (subject to hydrolysis) is 1. The molecule has 116 valence electrons. The summed E-state index contributed by atoms with van der Waals surface area (Å²) in [6.07, 6.45) is 0.0226. The maximum atomic E-state index is 12.0. The number of carbonyl (C=O) groups is 2. The van der Waals surface area contributed by atoms with E-state index in [1.807, 2.05) is 19.1 Å². The van der Waals surface area contributed by atoms with E-state index < -0.39 is 17.2 Å². The minimum atomic E-state index is -1.22. The van der Waals surface area contributed by atoms with E-state index in [1.165, 1.54) is 7.11 Å². The molecule has 1 rings (SSSR count). The highest BCUT2D eigenvalue weighted by atomic mass is 16.6. The van der Waals surface area contributed by atoms with Gasteiger partial charge in [0.25, 0.3) is 0 Å². The van der Waals surface area contributed by atoms with Gasteiger partial charge in [-0.3, -0.25) is 0 Å². The minimum Gasteiger partial charge on any atom is -0.496 e. The average molecular weight is 293 g/mol. The molecule has 0 aromatic heterocycles. The molecular formula is C16H23NO4. The van der Waals surface area contributed by atoms with Gasteiger partial charge in [-0.1, -0.05) is 11.6 Å². The van der Waals surface area contributed by atoms with Crippen LogP contribution >= 0.6 is 0 Å². The number of aldehydes is 1. The Kier molecular flexibility index (Phi) is 4.99. The van der Waals surface area contributed by atoms with Crippen molar-refractivity contribution in [2.24, 2.45) is 0 Å². The molecule has 0 aliphatic carbocycles. The molecule has 1 atom stereocenters. The first kappa shape index (κ1) is 17.0. The molecule has 0 spiro atoms. The Hall–Kier alpha value is -2.04. The minimum absolute atomic E-state index is 0.534. The van der Waals surface area contributed by atoms with Crippen LogP contribution in [0, 0.1) is 6.92 Å². The van der Waals surface area contributed by atoms with Gasteiger partial charge < -0.3 is 19.6 Å². The molecule has 0 radical (unpaired) electrons. The molecular weight excluding hydrogens is 270 g/mol. The number of methoxy groups -OCH3 is 1. The van der Waals surface area contributed by atoms with Crippen molar-refractivity contribution >= 4 is 12.4 Å². The molecule has 1 aromatic rings.